The number of carbonyl (C=O) groups is 1. The molecule has 0 unspecified atom stereocenters. The molecule has 28 heavy (non-hydrogen) atoms. The van der Waals surface area contributed by atoms with Crippen molar-refractivity contribution in [3.8, 4) is 0 Å². The Kier molecular flexibility index (Phi) is 5.71. The van der Waals surface area contributed by atoms with Crippen molar-refractivity contribution in [2.45, 2.75) is 4.21 Å². The lowest BCUT2D eigenvalue weighted by Gasteiger charge is -2.23. The zero-order valence-electron chi connectivity index (χ0n) is 14.1. The molecule has 0 aliphatic heterocycles. The third-order valence-electron chi connectivity index (χ3n) is 3.67. The number of carbonyl (C=O) groups excluding carboxylic acids is 1. The summed E-state index contributed by atoms with van der Waals surface area (Å²) in [6.07, 6.45) is 0. The van der Waals surface area contributed by atoms with Crippen LogP contribution in [-0.2, 0) is 14.8 Å². The lowest BCUT2D eigenvalue weighted by atomic mass is 10.3. The van der Waals surface area contributed by atoms with Gasteiger partial charge in [0.25, 0.3) is 10.0 Å². The van der Waals surface area contributed by atoms with Crippen LogP contribution in [0.5, 0.6) is 0 Å². The summed E-state index contributed by atoms with van der Waals surface area (Å²) in [5, 5.41) is 3.59. The van der Waals surface area contributed by atoms with Crippen molar-refractivity contribution in [1.82, 2.24) is 0 Å². The normalized spacial score (nSPS) is 11.2. The number of rotatable bonds is 6. The topological polar surface area (TPSA) is 66.5 Å². The van der Waals surface area contributed by atoms with Gasteiger partial charge in [-0.05, 0) is 47.8 Å². The summed E-state index contributed by atoms with van der Waals surface area (Å²) >= 11 is 0.937. The second kappa shape index (κ2) is 8.03. The molecule has 3 rings (SSSR count). The van der Waals surface area contributed by atoms with Gasteiger partial charge < -0.3 is 5.32 Å². The van der Waals surface area contributed by atoms with E-state index in [4.69, 9.17) is 0 Å². The van der Waals surface area contributed by atoms with Crippen molar-refractivity contribution in [2.75, 3.05) is 16.2 Å². The molecule has 0 saturated heterocycles. The molecular weight excluding hydrogens is 413 g/mol. The van der Waals surface area contributed by atoms with E-state index < -0.39 is 45.6 Å². The molecule has 1 N–H and O–H groups in total. The molecule has 5 nitrogen and oxygen atoms in total. The first-order valence-electron chi connectivity index (χ1n) is 7.85. The molecule has 0 fully saturated rings. The molecule has 1 aromatic heterocycles. The molecular formula is C18H13F3N2O3S2. The number of thiophene rings is 1. The van der Waals surface area contributed by atoms with Crippen molar-refractivity contribution in [3.05, 3.63) is 77.4 Å². The Morgan fingerprint density at radius 1 is 0.964 bits per heavy atom. The first-order chi connectivity index (χ1) is 13.3. The summed E-state index contributed by atoms with van der Waals surface area (Å²) in [6, 6.07) is 10.4. The zero-order valence-corrected chi connectivity index (χ0v) is 15.7. The monoisotopic (exact) mass is 426 g/mol. The van der Waals surface area contributed by atoms with Crippen molar-refractivity contribution in [2.24, 2.45) is 0 Å². The molecule has 0 radical (unpaired) electrons. The Balaban J connectivity index is 1.93. The number of benzene rings is 2. The van der Waals surface area contributed by atoms with Gasteiger partial charge in [-0.1, -0.05) is 12.1 Å². The van der Waals surface area contributed by atoms with E-state index in [1.54, 1.807) is 5.38 Å². The molecule has 0 saturated carbocycles. The van der Waals surface area contributed by atoms with Crippen LogP contribution in [-0.4, -0.2) is 20.9 Å². The molecule has 0 spiro atoms. The van der Waals surface area contributed by atoms with Crippen LogP contribution in [0.1, 0.15) is 0 Å². The van der Waals surface area contributed by atoms with Gasteiger partial charge in [0.1, 0.15) is 33.9 Å². The molecule has 2 aromatic carbocycles. The highest BCUT2D eigenvalue weighted by Crippen LogP contribution is 2.27. The third-order valence-corrected chi connectivity index (χ3v) is 6.82. The zero-order chi connectivity index (χ0) is 20.3. The third kappa shape index (κ3) is 4.18. The van der Waals surface area contributed by atoms with Gasteiger partial charge in [0.2, 0.25) is 5.91 Å². The molecule has 1 heterocycles. The Labute approximate surface area is 163 Å². The predicted octanol–water partition coefficient (Wildman–Crippen LogP) is 4.00. The molecule has 0 aliphatic rings. The van der Waals surface area contributed by atoms with Crippen LogP contribution in [0.3, 0.4) is 0 Å². The fourth-order valence-corrected chi connectivity index (χ4v) is 4.89. The highest BCUT2D eigenvalue weighted by atomic mass is 32.2. The van der Waals surface area contributed by atoms with E-state index in [0.717, 1.165) is 46.0 Å². The van der Waals surface area contributed by atoms with Crippen LogP contribution in [0, 0.1) is 17.5 Å². The summed E-state index contributed by atoms with van der Waals surface area (Å²) in [5.74, 6) is -3.55. The number of amides is 1. The van der Waals surface area contributed by atoms with Crippen LogP contribution in [0.2, 0.25) is 0 Å². The van der Waals surface area contributed by atoms with E-state index >= 15 is 0 Å². The maximum atomic E-state index is 13.7. The summed E-state index contributed by atoms with van der Waals surface area (Å²) in [5.41, 5.74) is -0.654. The molecule has 1 amide bonds. The highest BCUT2D eigenvalue weighted by molar-refractivity contribution is 7.94. The molecule has 0 aliphatic carbocycles. The summed E-state index contributed by atoms with van der Waals surface area (Å²) in [6.45, 7) is -0.764. The maximum Gasteiger partial charge on any atom is 0.274 e. The summed E-state index contributed by atoms with van der Waals surface area (Å²) in [4.78, 5) is 12.4. The van der Waals surface area contributed by atoms with Gasteiger partial charge in [0.15, 0.2) is 0 Å². The number of nitrogens with zero attached hydrogens (tertiary/aromatic N) is 1. The minimum Gasteiger partial charge on any atom is -0.320 e. The SMILES string of the molecule is O=C(CN(c1ccc(F)cc1)S(=O)(=O)c1cccs1)Nc1c(F)cccc1F. The summed E-state index contributed by atoms with van der Waals surface area (Å²) in [7, 11) is -4.15. The standard InChI is InChI=1S/C18H13F3N2O3S2/c19-12-6-8-13(9-7-12)23(28(25,26)17-5-2-10-27-17)11-16(24)22-18-14(20)3-1-4-15(18)21/h1-10H,11H2,(H,22,24). The van der Waals surface area contributed by atoms with Crippen molar-refractivity contribution in [1.29, 1.82) is 0 Å². The lowest BCUT2D eigenvalue weighted by molar-refractivity contribution is -0.114. The van der Waals surface area contributed by atoms with Crippen molar-refractivity contribution >= 4 is 38.6 Å². The fourth-order valence-electron chi connectivity index (χ4n) is 2.37. The van der Waals surface area contributed by atoms with E-state index in [2.05, 4.69) is 0 Å². The van der Waals surface area contributed by atoms with E-state index in [1.165, 1.54) is 24.3 Å². The minimum atomic E-state index is -4.15. The largest absolute Gasteiger partial charge is 0.320 e. The smallest absolute Gasteiger partial charge is 0.274 e. The number of nitrogens with one attached hydrogen (secondary N) is 1. The minimum absolute atomic E-state index is 0.0268. The van der Waals surface area contributed by atoms with E-state index in [9.17, 15) is 26.4 Å². The van der Waals surface area contributed by atoms with Crippen LogP contribution < -0.4 is 9.62 Å². The van der Waals surface area contributed by atoms with Gasteiger partial charge in [-0.25, -0.2) is 21.6 Å². The Hall–Kier alpha value is -2.85. The average molecular weight is 426 g/mol. The van der Waals surface area contributed by atoms with Gasteiger partial charge in [-0.2, -0.15) is 0 Å². The average Bonchev–Trinajstić information content (AvgIpc) is 3.19. The number of anilines is 2. The van der Waals surface area contributed by atoms with Gasteiger partial charge >= 0.3 is 0 Å². The van der Waals surface area contributed by atoms with Crippen LogP contribution >= 0.6 is 11.3 Å². The van der Waals surface area contributed by atoms with E-state index in [0.29, 0.717) is 0 Å². The quantitative estimate of drug-likeness (QED) is 0.648. The second-order valence-corrected chi connectivity index (χ2v) is 8.60. The van der Waals surface area contributed by atoms with Crippen LogP contribution in [0.4, 0.5) is 24.5 Å². The number of hydrogen-bond donors (Lipinski definition) is 1. The van der Waals surface area contributed by atoms with Crippen molar-refractivity contribution in [3.63, 3.8) is 0 Å². The van der Waals surface area contributed by atoms with Crippen molar-refractivity contribution < 1.29 is 26.4 Å². The lowest BCUT2D eigenvalue weighted by Crippen LogP contribution is -2.38. The highest BCUT2D eigenvalue weighted by Gasteiger charge is 2.28. The number of sulfonamides is 1. The van der Waals surface area contributed by atoms with Crippen LogP contribution in [0.15, 0.2) is 64.2 Å². The van der Waals surface area contributed by atoms with Gasteiger partial charge in [0.05, 0.1) is 5.69 Å². The number of hydrogen-bond acceptors (Lipinski definition) is 4. The van der Waals surface area contributed by atoms with E-state index in [-0.39, 0.29) is 9.90 Å². The Morgan fingerprint density at radius 3 is 2.18 bits per heavy atom. The Bertz CT molecular complexity index is 1070. The predicted molar refractivity (Wildman–Crippen MR) is 100 cm³/mol. The molecule has 10 heteroatoms. The fraction of sp³-hybridized carbons (Fsp3) is 0.0556. The molecule has 146 valence electrons. The van der Waals surface area contributed by atoms with Gasteiger partial charge in [-0.15, -0.1) is 11.3 Å². The second-order valence-electron chi connectivity index (χ2n) is 5.57. The molecule has 0 atom stereocenters. The van der Waals surface area contributed by atoms with E-state index in [1.807, 2.05) is 5.32 Å². The first kappa shape index (κ1) is 19.9. The number of halogens is 3. The van der Waals surface area contributed by atoms with Crippen LogP contribution in [0.25, 0.3) is 0 Å². The first-order valence-corrected chi connectivity index (χ1v) is 10.2. The molecule has 0 bridgehead atoms. The molecule has 3 aromatic rings. The van der Waals surface area contributed by atoms with Gasteiger partial charge in [-0.3, -0.25) is 9.10 Å². The number of para-hydroxylation sites is 1. The Morgan fingerprint density at radius 2 is 1.61 bits per heavy atom. The van der Waals surface area contributed by atoms with Gasteiger partial charge in [0, 0.05) is 0 Å². The summed E-state index contributed by atoms with van der Waals surface area (Å²) < 4.78 is 67.3. The maximum absolute atomic E-state index is 13.7.